The molecule has 1 aromatic carbocycles. The van der Waals surface area contributed by atoms with Crippen LogP contribution in [0.2, 0.25) is 0 Å². The molecule has 0 atom stereocenters. The number of nitrogens with zero attached hydrogens (tertiary/aromatic N) is 2. The van der Waals surface area contributed by atoms with Crippen LogP contribution in [-0.4, -0.2) is 63.6 Å². The predicted octanol–water partition coefficient (Wildman–Crippen LogP) is 1.38. The van der Waals surface area contributed by atoms with E-state index in [9.17, 15) is 4.79 Å². The minimum atomic E-state index is -0.144. The van der Waals surface area contributed by atoms with Crippen LogP contribution in [-0.2, 0) is 11.2 Å². The number of likely N-dealkylation sites (tertiary alicyclic amines) is 1. The van der Waals surface area contributed by atoms with Crippen molar-refractivity contribution in [2.24, 2.45) is 16.6 Å². The molecular weight excluding hydrogens is 354 g/mol. The van der Waals surface area contributed by atoms with Crippen LogP contribution in [0.25, 0.3) is 0 Å². The second kappa shape index (κ2) is 12.2. The van der Waals surface area contributed by atoms with Crippen molar-refractivity contribution in [2.45, 2.75) is 32.1 Å². The number of nitrogens with two attached hydrogens (primary N) is 1. The Morgan fingerprint density at radius 1 is 1.18 bits per heavy atom. The minimum absolute atomic E-state index is 0.0743. The summed E-state index contributed by atoms with van der Waals surface area (Å²) in [6.45, 7) is 4.78. The first kappa shape index (κ1) is 22.0. The maximum atomic E-state index is 11.2. The first-order valence-corrected chi connectivity index (χ1v) is 10.2. The van der Waals surface area contributed by atoms with Gasteiger partial charge in [0.15, 0.2) is 5.96 Å². The molecule has 0 bridgehead atoms. The Morgan fingerprint density at radius 2 is 1.86 bits per heavy atom. The van der Waals surface area contributed by atoms with Gasteiger partial charge in [-0.05, 0) is 69.4 Å². The van der Waals surface area contributed by atoms with E-state index in [0.717, 1.165) is 76.5 Å². The molecule has 1 fully saturated rings. The molecule has 0 unspecified atom stereocenters. The fraction of sp³-hybridized carbons (Fsp3) is 0.619. The van der Waals surface area contributed by atoms with Crippen LogP contribution in [0.3, 0.4) is 0 Å². The molecule has 1 amide bonds. The molecule has 1 aliphatic heterocycles. The monoisotopic (exact) mass is 389 g/mol. The van der Waals surface area contributed by atoms with Gasteiger partial charge in [-0.2, -0.15) is 0 Å². The molecule has 1 aliphatic rings. The van der Waals surface area contributed by atoms with Gasteiger partial charge < -0.3 is 26.0 Å². The lowest BCUT2D eigenvalue weighted by atomic mass is 9.96. The summed E-state index contributed by atoms with van der Waals surface area (Å²) < 4.78 is 5.18. The van der Waals surface area contributed by atoms with Gasteiger partial charge in [0.1, 0.15) is 5.75 Å². The first-order chi connectivity index (χ1) is 13.6. The van der Waals surface area contributed by atoms with Gasteiger partial charge in [0.05, 0.1) is 7.11 Å². The van der Waals surface area contributed by atoms with Gasteiger partial charge in [0, 0.05) is 26.1 Å². The summed E-state index contributed by atoms with van der Waals surface area (Å²) >= 11 is 0. The van der Waals surface area contributed by atoms with Crippen LogP contribution >= 0.6 is 0 Å². The molecule has 156 valence electrons. The highest BCUT2D eigenvalue weighted by Gasteiger charge is 2.22. The van der Waals surface area contributed by atoms with Gasteiger partial charge >= 0.3 is 0 Å². The quantitative estimate of drug-likeness (QED) is 0.319. The van der Waals surface area contributed by atoms with E-state index in [1.54, 1.807) is 14.2 Å². The normalized spacial score (nSPS) is 16.0. The van der Waals surface area contributed by atoms with Crippen molar-refractivity contribution in [2.75, 3.05) is 46.9 Å². The van der Waals surface area contributed by atoms with Crippen molar-refractivity contribution in [3.63, 3.8) is 0 Å². The molecule has 28 heavy (non-hydrogen) atoms. The topological polar surface area (TPSA) is 92.0 Å². The molecule has 0 radical (unpaired) electrons. The number of primary amides is 1. The molecule has 0 aliphatic carbocycles. The zero-order valence-electron chi connectivity index (χ0n) is 17.2. The van der Waals surface area contributed by atoms with Crippen molar-refractivity contribution < 1.29 is 9.53 Å². The SMILES string of the molecule is CN=C(NCCCCN1CCC(C(N)=O)CC1)NCCc1ccc(OC)cc1. The van der Waals surface area contributed by atoms with Crippen molar-refractivity contribution in [3.8, 4) is 5.75 Å². The molecule has 1 heterocycles. The fourth-order valence-electron chi connectivity index (χ4n) is 3.45. The number of guanidine groups is 1. The van der Waals surface area contributed by atoms with E-state index in [1.165, 1.54) is 5.56 Å². The molecule has 7 heteroatoms. The largest absolute Gasteiger partial charge is 0.497 e. The molecule has 0 saturated carbocycles. The number of nitrogens with one attached hydrogen (secondary N) is 2. The van der Waals surface area contributed by atoms with Crippen LogP contribution in [0, 0.1) is 5.92 Å². The summed E-state index contributed by atoms with van der Waals surface area (Å²) in [4.78, 5) is 17.9. The van der Waals surface area contributed by atoms with E-state index in [1.807, 2.05) is 12.1 Å². The Labute approximate surface area is 168 Å². The van der Waals surface area contributed by atoms with Crippen LogP contribution in [0.4, 0.5) is 0 Å². The summed E-state index contributed by atoms with van der Waals surface area (Å²) in [5, 5.41) is 6.73. The molecule has 4 N–H and O–H groups in total. The Morgan fingerprint density at radius 3 is 2.46 bits per heavy atom. The van der Waals surface area contributed by atoms with Gasteiger partial charge in [0.25, 0.3) is 0 Å². The second-order valence-corrected chi connectivity index (χ2v) is 7.25. The Kier molecular flexibility index (Phi) is 9.62. The van der Waals surface area contributed by atoms with Crippen LogP contribution < -0.4 is 21.1 Å². The van der Waals surface area contributed by atoms with Gasteiger partial charge in [-0.25, -0.2) is 0 Å². The Bertz CT molecular complexity index is 610. The molecule has 1 saturated heterocycles. The van der Waals surface area contributed by atoms with Crippen molar-refractivity contribution >= 4 is 11.9 Å². The third-order valence-corrected chi connectivity index (χ3v) is 5.27. The van der Waals surface area contributed by atoms with Crippen LogP contribution in [0.5, 0.6) is 5.75 Å². The summed E-state index contributed by atoms with van der Waals surface area (Å²) in [6, 6.07) is 8.14. The van der Waals surface area contributed by atoms with E-state index in [2.05, 4.69) is 32.7 Å². The predicted molar refractivity (Wildman–Crippen MR) is 114 cm³/mol. The lowest BCUT2D eigenvalue weighted by Gasteiger charge is -2.30. The number of benzene rings is 1. The van der Waals surface area contributed by atoms with Gasteiger partial charge in [-0.15, -0.1) is 0 Å². The van der Waals surface area contributed by atoms with E-state index in [-0.39, 0.29) is 11.8 Å². The number of hydrogen-bond donors (Lipinski definition) is 3. The standard InChI is InChI=1S/C21H35N5O2/c1-23-21(25-13-9-17-5-7-19(28-2)8-6-17)24-12-3-4-14-26-15-10-18(11-16-26)20(22)27/h5-8,18H,3-4,9-16H2,1-2H3,(H2,22,27)(H2,23,24,25). The zero-order chi connectivity index (χ0) is 20.2. The van der Waals surface area contributed by atoms with Crippen molar-refractivity contribution in [1.82, 2.24) is 15.5 Å². The average Bonchev–Trinajstić information content (AvgIpc) is 2.73. The number of carbonyl (C=O) groups is 1. The number of ether oxygens (including phenoxy) is 1. The first-order valence-electron chi connectivity index (χ1n) is 10.2. The molecule has 1 aromatic rings. The number of methoxy groups -OCH3 is 1. The molecular formula is C21H35N5O2. The van der Waals surface area contributed by atoms with Gasteiger partial charge in [-0.3, -0.25) is 9.79 Å². The van der Waals surface area contributed by atoms with Crippen LogP contribution in [0.15, 0.2) is 29.3 Å². The smallest absolute Gasteiger partial charge is 0.220 e. The number of piperidine rings is 1. The van der Waals surface area contributed by atoms with E-state index < -0.39 is 0 Å². The number of hydrogen-bond acceptors (Lipinski definition) is 4. The molecule has 7 nitrogen and oxygen atoms in total. The summed E-state index contributed by atoms with van der Waals surface area (Å²) in [6.07, 6.45) is 4.97. The number of amides is 1. The summed E-state index contributed by atoms with van der Waals surface area (Å²) in [5.41, 5.74) is 6.65. The third-order valence-electron chi connectivity index (χ3n) is 5.27. The summed E-state index contributed by atoms with van der Waals surface area (Å²) in [5.74, 6) is 1.65. The molecule has 2 rings (SSSR count). The minimum Gasteiger partial charge on any atom is -0.497 e. The van der Waals surface area contributed by atoms with Crippen LogP contribution in [0.1, 0.15) is 31.2 Å². The maximum Gasteiger partial charge on any atom is 0.220 e. The van der Waals surface area contributed by atoms with Crippen molar-refractivity contribution in [3.05, 3.63) is 29.8 Å². The highest BCUT2D eigenvalue weighted by atomic mass is 16.5. The Balaban J connectivity index is 1.53. The Hall–Kier alpha value is -2.28. The molecule has 0 spiro atoms. The number of rotatable bonds is 10. The lowest BCUT2D eigenvalue weighted by molar-refractivity contribution is -0.123. The third kappa shape index (κ3) is 7.76. The van der Waals surface area contributed by atoms with Gasteiger partial charge in [0.2, 0.25) is 5.91 Å². The van der Waals surface area contributed by atoms with Crippen molar-refractivity contribution in [1.29, 1.82) is 0 Å². The zero-order valence-corrected chi connectivity index (χ0v) is 17.2. The highest BCUT2D eigenvalue weighted by Crippen LogP contribution is 2.16. The number of unbranched alkanes of at least 4 members (excludes halogenated alkanes) is 1. The lowest BCUT2D eigenvalue weighted by Crippen LogP contribution is -2.40. The van der Waals surface area contributed by atoms with E-state index in [0.29, 0.717) is 0 Å². The van der Waals surface area contributed by atoms with E-state index >= 15 is 0 Å². The number of carbonyl (C=O) groups excluding carboxylic acids is 1. The van der Waals surface area contributed by atoms with E-state index in [4.69, 9.17) is 10.5 Å². The summed E-state index contributed by atoms with van der Waals surface area (Å²) in [7, 11) is 3.48. The number of aliphatic imine (C=N–C) groups is 1. The second-order valence-electron chi connectivity index (χ2n) is 7.25. The average molecular weight is 390 g/mol. The maximum absolute atomic E-state index is 11.2. The molecule has 0 aromatic heterocycles. The highest BCUT2D eigenvalue weighted by molar-refractivity contribution is 5.79. The fourth-order valence-corrected chi connectivity index (χ4v) is 3.45. The van der Waals surface area contributed by atoms with Gasteiger partial charge in [-0.1, -0.05) is 12.1 Å².